The summed E-state index contributed by atoms with van der Waals surface area (Å²) in [5.41, 5.74) is 3.50. The van der Waals surface area contributed by atoms with E-state index in [1.54, 1.807) is 0 Å². The van der Waals surface area contributed by atoms with Crippen LogP contribution in [0.4, 0.5) is 0 Å². The number of aryl methyl sites for hydroxylation is 1. The van der Waals surface area contributed by atoms with Crippen LogP contribution in [0.2, 0.25) is 0 Å². The number of fused-ring (bicyclic) bond motifs is 9. The van der Waals surface area contributed by atoms with Crippen molar-refractivity contribution < 1.29 is 0 Å². The van der Waals surface area contributed by atoms with Crippen molar-refractivity contribution in [3.05, 3.63) is 73.2 Å². The Balaban J connectivity index is 2.03. The third-order valence-electron chi connectivity index (χ3n) is 5.31. The minimum absolute atomic E-state index is 1.01. The average Bonchev–Trinajstić information content (AvgIpc) is 3.22. The molecule has 0 saturated heterocycles. The van der Waals surface area contributed by atoms with Gasteiger partial charge in [0, 0.05) is 58.1 Å². The maximum absolute atomic E-state index is 4.70. The standard InChI is InChI=1S/C22H15N3/c1-24-10-8-14-11-19-18(12-20(14)24)17-7-4-9-23-22(17)25-13-15-5-2-3-6-16(15)21(19)25/h2-13H,1H3. The minimum Gasteiger partial charge on any atom is -0.351 e. The molecular formula is C22H15N3. The molecule has 2 aromatic carbocycles. The van der Waals surface area contributed by atoms with Gasteiger partial charge in [-0.2, -0.15) is 0 Å². The van der Waals surface area contributed by atoms with E-state index in [-0.39, 0.29) is 0 Å². The van der Waals surface area contributed by atoms with Gasteiger partial charge in [0.25, 0.3) is 0 Å². The Hall–Kier alpha value is -3.33. The van der Waals surface area contributed by atoms with E-state index >= 15 is 0 Å². The van der Waals surface area contributed by atoms with E-state index in [1.165, 1.54) is 43.4 Å². The highest BCUT2D eigenvalue weighted by atomic mass is 15.0. The van der Waals surface area contributed by atoms with Crippen molar-refractivity contribution in [2.24, 2.45) is 7.05 Å². The van der Waals surface area contributed by atoms with E-state index in [0.717, 1.165) is 5.65 Å². The van der Waals surface area contributed by atoms with Crippen molar-refractivity contribution >= 4 is 49.0 Å². The molecule has 0 atom stereocenters. The molecule has 0 aliphatic carbocycles. The van der Waals surface area contributed by atoms with Gasteiger partial charge in [-0.05, 0) is 35.7 Å². The highest BCUT2D eigenvalue weighted by Crippen LogP contribution is 2.36. The molecule has 6 aromatic rings. The lowest BCUT2D eigenvalue weighted by Gasteiger charge is -2.09. The average molecular weight is 321 g/mol. The van der Waals surface area contributed by atoms with Gasteiger partial charge in [0.15, 0.2) is 0 Å². The lowest BCUT2D eigenvalue weighted by Crippen LogP contribution is -1.93. The lowest BCUT2D eigenvalue weighted by molar-refractivity contribution is 0.970. The predicted molar refractivity (Wildman–Crippen MR) is 104 cm³/mol. The first-order chi connectivity index (χ1) is 12.3. The van der Waals surface area contributed by atoms with E-state index in [2.05, 4.69) is 76.9 Å². The molecule has 0 unspecified atom stereocenters. The Morgan fingerprint density at radius 1 is 0.800 bits per heavy atom. The monoisotopic (exact) mass is 321 g/mol. The molecule has 0 radical (unpaired) electrons. The van der Waals surface area contributed by atoms with Crippen LogP contribution in [0, 0.1) is 0 Å². The molecule has 25 heavy (non-hydrogen) atoms. The third-order valence-corrected chi connectivity index (χ3v) is 5.31. The Morgan fingerprint density at radius 3 is 2.64 bits per heavy atom. The first kappa shape index (κ1) is 13.0. The summed E-state index contributed by atoms with van der Waals surface area (Å²) in [5.74, 6) is 0. The zero-order valence-corrected chi connectivity index (χ0v) is 13.8. The summed E-state index contributed by atoms with van der Waals surface area (Å²) < 4.78 is 4.43. The van der Waals surface area contributed by atoms with E-state index < -0.39 is 0 Å². The van der Waals surface area contributed by atoms with Crippen molar-refractivity contribution in [2.45, 2.75) is 0 Å². The minimum atomic E-state index is 1.01. The topological polar surface area (TPSA) is 22.2 Å². The van der Waals surface area contributed by atoms with Crippen molar-refractivity contribution in [1.82, 2.24) is 14.0 Å². The predicted octanol–water partition coefficient (Wildman–Crippen LogP) is 5.29. The number of hydrogen-bond acceptors (Lipinski definition) is 1. The molecule has 0 aliphatic rings. The lowest BCUT2D eigenvalue weighted by atomic mass is 10.0. The van der Waals surface area contributed by atoms with Crippen molar-refractivity contribution in [1.29, 1.82) is 0 Å². The highest BCUT2D eigenvalue weighted by Gasteiger charge is 2.14. The molecule has 0 fully saturated rings. The second-order valence-electron chi connectivity index (χ2n) is 6.69. The Bertz CT molecular complexity index is 1450. The van der Waals surface area contributed by atoms with Gasteiger partial charge in [-0.25, -0.2) is 4.98 Å². The summed E-state index contributed by atoms with van der Waals surface area (Å²) >= 11 is 0. The molecule has 3 heteroatoms. The summed E-state index contributed by atoms with van der Waals surface area (Å²) in [6.07, 6.45) is 6.20. The Kier molecular flexibility index (Phi) is 2.29. The van der Waals surface area contributed by atoms with Crippen molar-refractivity contribution in [2.75, 3.05) is 0 Å². The smallest absolute Gasteiger partial charge is 0.145 e. The van der Waals surface area contributed by atoms with Gasteiger partial charge in [0.05, 0.1) is 5.52 Å². The fraction of sp³-hybridized carbons (Fsp3) is 0.0455. The first-order valence-electron chi connectivity index (χ1n) is 8.46. The van der Waals surface area contributed by atoms with E-state index in [9.17, 15) is 0 Å². The van der Waals surface area contributed by atoms with Crippen LogP contribution in [0.3, 0.4) is 0 Å². The van der Waals surface area contributed by atoms with Gasteiger partial charge < -0.3 is 4.57 Å². The molecule has 0 N–H and O–H groups in total. The normalized spacial score (nSPS) is 12.2. The molecular weight excluding hydrogens is 306 g/mol. The van der Waals surface area contributed by atoms with Crippen LogP contribution in [-0.4, -0.2) is 14.0 Å². The van der Waals surface area contributed by atoms with Crippen molar-refractivity contribution in [3.63, 3.8) is 0 Å². The van der Waals surface area contributed by atoms with Gasteiger partial charge in [-0.1, -0.05) is 24.3 Å². The quantitative estimate of drug-likeness (QED) is 0.349. The van der Waals surface area contributed by atoms with Gasteiger partial charge in [-0.3, -0.25) is 4.40 Å². The summed E-state index contributed by atoms with van der Waals surface area (Å²) in [7, 11) is 2.10. The third kappa shape index (κ3) is 1.57. The zero-order valence-electron chi connectivity index (χ0n) is 13.8. The number of rotatable bonds is 0. The molecule has 3 nitrogen and oxygen atoms in total. The van der Waals surface area contributed by atoms with Crippen LogP contribution in [0.1, 0.15) is 0 Å². The molecule has 4 aromatic heterocycles. The number of nitrogens with zero attached hydrogens (tertiary/aromatic N) is 3. The molecule has 0 aliphatic heterocycles. The van der Waals surface area contributed by atoms with Crippen LogP contribution in [0.5, 0.6) is 0 Å². The number of benzene rings is 2. The van der Waals surface area contributed by atoms with E-state index in [1.807, 2.05) is 12.3 Å². The first-order valence-corrected chi connectivity index (χ1v) is 8.46. The van der Waals surface area contributed by atoms with Crippen LogP contribution >= 0.6 is 0 Å². The second kappa shape index (κ2) is 4.39. The van der Waals surface area contributed by atoms with Gasteiger partial charge in [-0.15, -0.1) is 0 Å². The molecule has 6 rings (SSSR count). The van der Waals surface area contributed by atoms with Crippen molar-refractivity contribution in [3.8, 4) is 0 Å². The molecule has 0 saturated carbocycles. The zero-order chi connectivity index (χ0) is 16.5. The molecule has 0 amide bonds. The SMILES string of the molecule is Cn1ccc2cc3c(cc21)c1cccnc1n1cc2ccccc2c31. The maximum atomic E-state index is 4.70. The van der Waals surface area contributed by atoms with Crippen LogP contribution in [0.15, 0.2) is 73.2 Å². The second-order valence-corrected chi connectivity index (χ2v) is 6.69. The molecule has 0 bridgehead atoms. The highest BCUT2D eigenvalue weighted by molar-refractivity contribution is 6.21. The number of aromatic nitrogens is 3. The molecule has 118 valence electrons. The fourth-order valence-corrected chi connectivity index (χ4v) is 4.13. The summed E-state index contributed by atoms with van der Waals surface area (Å²) in [4.78, 5) is 4.70. The number of hydrogen-bond donors (Lipinski definition) is 0. The van der Waals surface area contributed by atoms with E-state index in [4.69, 9.17) is 4.98 Å². The Labute approximate surface area is 143 Å². The Morgan fingerprint density at radius 2 is 1.68 bits per heavy atom. The van der Waals surface area contributed by atoms with Crippen LogP contribution in [0.25, 0.3) is 49.0 Å². The summed E-state index contributed by atoms with van der Waals surface area (Å²) in [6, 6.07) is 19.6. The number of pyridine rings is 2. The molecule has 0 spiro atoms. The van der Waals surface area contributed by atoms with Crippen LogP contribution < -0.4 is 0 Å². The maximum Gasteiger partial charge on any atom is 0.145 e. The van der Waals surface area contributed by atoms with Gasteiger partial charge in [0.1, 0.15) is 5.65 Å². The van der Waals surface area contributed by atoms with Crippen LogP contribution in [-0.2, 0) is 7.05 Å². The van der Waals surface area contributed by atoms with Gasteiger partial charge in [0.2, 0.25) is 0 Å². The fourth-order valence-electron chi connectivity index (χ4n) is 4.13. The largest absolute Gasteiger partial charge is 0.351 e. The summed E-state index contributed by atoms with van der Waals surface area (Å²) in [5, 5.41) is 7.51. The van der Waals surface area contributed by atoms with Gasteiger partial charge >= 0.3 is 0 Å². The summed E-state index contributed by atoms with van der Waals surface area (Å²) in [6.45, 7) is 0. The van der Waals surface area contributed by atoms with E-state index in [0.29, 0.717) is 0 Å². The molecule has 4 heterocycles.